The molecule has 0 aliphatic carbocycles. The van der Waals surface area contributed by atoms with Crippen molar-refractivity contribution >= 4 is 5.97 Å². The summed E-state index contributed by atoms with van der Waals surface area (Å²) in [6.45, 7) is 3.20. The van der Waals surface area contributed by atoms with E-state index in [-0.39, 0.29) is 5.97 Å². The first-order chi connectivity index (χ1) is 4.68. The maximum Gasteiger partial charge on any atom is 0.331 e. The van der Waals surface area contributed by atoms with Crippen LogP contribution in [0.5, 0.6) is 0 Å². The van der Waals surface area contributed by atoms with E-state index in [2.05, 4.69) is 9.94 Å². The lowest BCUT2D eigenvalue weighted by atomic mass is 10.4. The fraction of sp³-hybridized carbons (Fsp3) is 0.333. The van der Waals surface area contributed by atoms with Crippen molar-refractivity contribution < 1.29 is 9.63 Å². The zero-order chi connectivity index (χ0) is 7.56. The lowest BCUT2D eigenvalue weighted by molar-refractivity contribution is -0.143. The van der Waals surface area contributed by atoms with Gasteiger partial charge in [-0.2, -0.15) is 0 Å². The Morgan fingerprint density at radius 1 is 1.80 bits per heavy atom. The summed E-state index contributed by atoms with van der Waals surface area (Å²) >= 11 is 0. The van der Waals surface area contributed by atoms with Gasteiger partial charge in [0.15, 0.2) is 0 Å². The van der Waals surface area contributed by atoms with Crippen LogP contribution in [-0.2, 0) is 4.79 Å². The summed E-state index contributed by atoms with van der Waals surface area (Å²) in [6, 6.07) is 0. The molecule has 0 N–H and O–H groups in total. The first-order valence-corrected chi connectivity index (χ1v) is 2.88. The van der Waals surface area contributed by atoms with Gasteiger partial charge in [0, 0.05) is 6.92 Å². The van der Waals surface area contributed by atoms with Gasteiger partial charge in [-0.1, -0.05) is 4.85 Å². The van der Waals surface area contributed by atoms with Gasteiger partial charge in [0.2, 0.25) is 0 Å². The van der Waals surface area contributed by atoms with Crippen LogP contribution in [0.2, 0.25) is 0 Å². The van der Waals surface area contributed by atoms with E-state index in [4.69, 9.17) is 0 Å². The van der Waals surface area contributed by atoms with Crippen LogP contribution >= 0.6 is 0 Å². The summed E-state index contributed by atoms with van der Waals surface area (Å²) < 4.78 is 0. The zero-order valence-electron chi connectivity index (χ0n) is 5.87. The molecule has 0 saturated carbocycles. The highest BCUT2D eigenvalue weighted by Gasteiger charge is 1.95. The molecule has 0 bridgehead atoms. The van der Waals surface area contributed by atoms with Crippen LogP contribution in [0.4, 0.5) is 0 Å². The van der Waals surface area contributed by atoms with Crippen molar-refractivity contribution in [2.24, 2.45) is 0 Å². The number of nitrogens with zero attached hydrogens (tertiary/aromatic N) is 2. The Hall–Kier alpha value is -1.32. The predicted molar refractivity (Wildman–Crippen MR) is 34.2 cm³/mol. The Labute approximate surface area is 58.4 Å². The third-order valence-corrected chi connectivity index (χ3v) is 0.911. The highest BCUT2D eigenvalue weighted by Crippen LogP contribution is 1.90. The molecule has 4 heteroatoms. The Balaban J connectivity index is 2.67. The summed E-state index contributed by atoms with van der Waals surface area (Å²) in [6.07, 6.45) is 3.24. The minimum Gasteiger partial charge on any atom is -0.320 e. The van der Waals surface area contributed by atoms with Gasteiger partial charge in [-0.25, -0.2) is 4.79 Å². The molecule has 4 nitrogen and oxygen atoms in total. The Kier molecular flexibility index (Phi) is 1.71. The normalized spacial score (nSPS) is 9.40. The first kappa shape index (κ1) is 6.80. The van der Waals surface area contributed by atoms with E-state index in [0.717, 1.165) is 10.4 Å². The molecule has 0 unspecified atom stereocenters. The second-order valence-electron chi connectivity index (χ2n) is 2.00. The molecule has 0 radical (unpaired) electrons. The molecular formula is C6H8N2O2. The molecule has 0 atom stereocenters. The van der Waals surface area contributed by atoms with Gasteiger partial charge in [-0.15, -0.1) is 5.10 Å². The number of carbonyl (C=O) groups is 1. The molecule has 0 aliphatic rings. The maximum atomic E-state index is 10.3. The monoisotopic (exact) mass is 140 g/mol. The molecule has 54 valence electrons. The molecule has 10 heavy (non-hydrogen) atoms. The number of hydrogen-bond donors (Lipinski definition) is 0. The number of hydrogen-bond acceptors (Lipinski definition) is 3. The second kappa shape index (κ2) is 2.51. The van der Waals surface area contributed by atoms with Gasteiger partial charge in [-0.05, 0) is 12.5 Å². The van der Waals surface area contributed by atoms with Gasteiger partial charge in [0.25, 0.3) is 0 Å². The van der Waals surface area contributed by atoms with Crippen molar-refractivity contribution in [2.75, 3.05) is 0 Å². The molecule has 0 aromatic carbocycles. The Morgan fingerprint density at radius 3 is 2.90 bits per heavy atom. The Bertz CT molecular complexity index is 242. The fourth-order valence-corrected chi connectivity index (χ4v) is 0.570. The molecule has 1 rings (SSSR count). The lowest BCUT2D eigenvalue weighted by Crippen LogP contribution is -2.16. The summed E-state index contributed by atoms with van der Waals surface area (Å²) in [7, 11) is 0. The van der Waals surface area contributed by atoms with E-state index in [1.807, 2.05) is 6.92 Å². The summed E-state index contributed by atoms with van der Waals surface area (Å²) in [5, 5.41) is 3.73. The van der Waals surface area contributed by atoms with Crippen molar-refractivity contribution in [3.63, 3.8) is 0 Å². The highest BCUT2D eigenvalue weighted by molar-refractivity contribution is 5.66. The van der Waals surface area contributed by atoms with E-state index >= 15 is 0 Å². The molecule has 0 aliphatic heterocycles. The highest BCUT2D eigenvalue weighted by atomic mass is 16.7. The van der Waals surface area contributed by atoms with Gasteiger partial charge < -0.3 is 4.84 Å². The predicted octanol–water partition coefficient (Wildman–Crippen LogP) is 0.167. The van der Waals surface area contributed by atoms with Crippen molar-refractivity contribution in [1.29, 1.82) is 0 Å². The van der Waals surface area contributed by atoms with Crippen LogP contribution in [0.1, 0.15) is 12.5 Å². The number of aryl methyl sites for hydroxylation is 1. The average molecular weight is 140 g/mol. The molecular weight excluding hydrogens is 132 g/mol. The number of rotatable bonds is 1. The van der Waals surface area contributed by atoms with Crippen LogP contribution in [-0.4, -0.2) is 15.9 Å². The fourth-order valence-electron chi connectivity index (χ4n) is 0.570. The average Bonchev–Trinajstić information content (AvgIpc) is 2.13. The van der Waals surface area contributed by atoms with Crippen molar-refractivity contribution in [1.82, 2.24) is 9.94 Å². The molecule has 0 spiro atoms. The standard InChI is InChI=1S/C6H8N2O2/c1-5-3-7-8(4-5)10-6(2)9/h3-4H,1-2H3. The van der Waals surface area contributed by atoms with Crippen LogP contribution in [0, 0.1) is 6.92 Å². The van der Waals surface area contributed by atoms with E-state index in [0.29, 0.717) is 0 Å². The summed E-state index contributed by atoms with van der Waals surface area (Å²) in [4.78, 5) is 16.1. The molecule has 0 fully saturated rings. The van der Waals surface area contributed by atoms with Gasteiger partial charge >= 0.3 is 5.97 Å². The van der Waals surface area contributed by atoms with E-state index < -0.39 is 0 Å². The number of carbonyl (C=O) groups excluding carboxylic acids is 1. The van der Waals surface area contributed by atoms with E-state index in [1.54, 1.807) is 12.4 Å². The number of aromatic nitrogens is 2. The third-order valence-electron chi connectivity index (χ3n) is 0.911. The first-order valence-electron chi connectivity index (χ1n) is 2.88. The summed E-state index contributed by atoms with van der Waals surface area (Å²) in [5.74, 6) is -0.372. The largest absolute Gasteiger partial charge is 0.331 e. The third kappa shape index (κ3) is 1.58. The molecule has 1 heterocycles. The quantitative estimate of drug-likeness (QED) is 0.558. The van der Waals surface area contributed by atoms with Crippen molar-refractivity contribution in [2.45, 2.75) is 13.8 Å². The molecule has 1 aromatic heterocycles. The maximum absolute atomic E-state index is 10.3. The lowest BCUT2D eigenvalue weighted by Gasteiger charge is -1.95. The van der Waals surface area contributed by atoms with Gasteiger partial charge in [-0.3, -0.25) is 0 Å². The molecule has 1 aromatic rings. The van der Waals surface area contributed by atoms with Crippen molar-refractivity contribution in [3.8, 4) is 0 Å². The summed E-state index contributed by atoms with van der Waals surface area (Å²) in [5.41, 5.74) is 0.959. The van der Waals surface area contributed by atoms with E-state index in [9.17, 15) is 4.79 Å². The Morgan fingerprint density at radius 2 is 2.50 bits per heavy atom. The molecule has 0 amide bonds. The van der Waals surface area contributed by atoms with Crippen LogP contribution in [0.15, 0.2) is 12.4 Å². The topological polar surface area (TPSA) is 44.1 Å². The smallest absolute Gasteiger partial charge is 0.320 e. The van der Waals surface area contributed by atoms with Gasteiger partial charge in [0.05, 0.1) is 12.4 Å². The zero-order valence-corrected chi connectivity index (χ0v) is 5.87. The minimum absolute atomic E-state index is 0.372. The van der Waals surface area contributed by atoms with Crippen molar-refractivity contribution in [3.05, 3.63) is 18.0 Å². The van der Waals surface area contributed by atoms with Crippen LogP contribution < -0.4 is 4.84 Å². The van der Waals surface area contributed by atoms with Gasteiger partial charge in [0.1, 0.15) is 0 Å². The molecule has 0 saturated heterocycles. The SMILES string of the molecule is CC(=O)On1cc(C)cn1. The van der Waals surface area contributed by atoms with Crippen LogP contribution in [0.3, 0.4) is 0 Å². The van der Waals surface area contributed by atoms with E-state index in [1.165, 1.54) is 6.92 Å². The van der Waals surface area contributed by atoms with Crippen LogP contribution in [0.25, 0.3) is 0 Å². The second-order valence-corrected chi connectivity index (χ2v) is 2.00. The minimum atomic E-state index is -0.372.